The Labute approximate surface area is 163 Å². The topological polar surface area (TPSA) is 69.0 Å². The fourth-order valence-corrected chi connectivity index (χ4v) is 2.98. The lowest BCUT2D eigenvalue weighted by Crippen LogP contribution is -2.44. The molecule has 6 nitrogen and oxygen atoms in total. The minimum Gasteiger partial charge on any atom is -0.487 e. The number of piperidine rings is 1. The molecule has 0 atom stereocenters. The number of nitrogens with zero attached hydrogens (tertiary/aromatic N) is 1. The van der Waals surface area contributed by atoms with Gasteiger partial charge in [0.1, 0.15) is 17.5 Å². The van der Waals surface area contributed by atoms with Crippen molar-refractivity contribution in [1.82, 2.24) is 4.90 Å². The van der Waals surface area contributed by atoms with Gasteiger partial charge in [-0.25, -0.2) is 9.18 Å². The first-order valence-corrected chi connectivity index (χ1v) is 9.25. The average molecular weight is 389 g/mol. The van der Waals surface area contributed by atoms with Crippen LogP contribution in [0.5, 0.6) is 5.75 Å². The highest BCUT2D eigenvalue weighted by molar-refractivity contribution is 5.73. The molecule has 2 aromatic rings. The molecule has 0 radical (unpaired) electrons. The number of halogens is 1. The highest BCUT2D eigenvalue weighted by Crippen LogP contribution is 2.29. The molecule has 1 fully saturated rings. The van der Waals surface area contributed by atoms with Gasteiger partial charge >= 0.3 is 6.09 Å². The lowest BCUT2D eigenvalue weighted by atomic mass is 10.1. The molecule has 0 bridgehead atoms. The number of hydrogen-bond acceptors (Lipinski definition) is 5. The van der Waals surface area contributed by atoms with E-state index in [0.717, 1.165) is 0 Å². The number of aldehydes is 1. The van der Waals surface area contributed by atoms with Crippen LogP contribution in [-0.4, -0.2) is 42.1 Å². The molecule has 7 heteroatoms. The molecule has 28 heavy (non-hydrogen) atoms. The van der Waals surface area contributed by atoms with Crippen LogP contribution in [0.4, 0.5) is 9.18 Å². The Balaban J connectivity index is 1.58. The van der Waals surface area contributed by atoms with Crippen molar-refractivity contribution in [3.8, 4) is 17.1 Å². The van der Waals surface area contributed by atoms with E-state index in [9.17, 15) is 14.0 Å². The van der Waals surface area contributed by atoms with E-state index in [1.807, 2.05) is 20.8 Å². The van der Waals surface area contributed by atoms with Crippen LogP contribution in [0.25, 0.3) is 11.3 Å². The Hall–Kier alpha value is -2.83. The maximum atomic E-state index is 14.4. The second-order valence-electron chi connectivity index (χ2n) is 7.75. The van der Waals surface area contributed by atoms with Crippen molar-refractivity contribution in [2.24, 2.45) is 0 Å². The van der Waals surface area contributed by atoms with Crippen molar-refractivity contribution < 1.29 is 27.9 Å². The molecular formula is C21H24FNO5. The zero-order valence-electron chi connectivity index (χ0n) is 16.2. The fourth-order valence-electron chi connectivity index (χ4n) is 2.98. The van der Waals surface area contributed by atoms with Crippen LogP contribution in [0.1, 0.15) is 44.2 Å². The van der Waals surface area contributed by atoms with Gasteiger partial charge in [-0.05, 0) is 51.1 Å². The summed E-state index contributed by atoms with van der Waals surface area (Å²) >= 11 is 0. The summed E-state index contributed by atoms with van der Waals surface area (Å²) < 4.78 is 30.9. The molecule has 0 unspecified atom stereocenters. The molecule has 1 saturated heterocycles. The monoisotopic (exact) mass is 389 g/mol. The Bertz CT molecular complexity index is 847. The standard InChI is InChI=1S/C21H24FNO5/c1-21(2,3)28-20(25)23-10-8-15(9-11-23)26-19-6-4-14(12-17(19)22)18-7-5-16(13-24)27-18/h4-7,12-13,15H,8-11H2,1-3H3. The van der Waals surface area contributed by atoms with Gasteiger partial charge in [-0.3, -0.25) is 4.79 Å². The van der Waals surface area contributed by atoms with Crippen LogP contribution in [-0.2, 0) is 4.74 Å². The number of amides is 1. The van der Waals surface area contributed by atoms with E-state index < -0.39 is 11.4 Å². The Kier molecular flexibility index (Phi) is 5.72. The molecule has 3 rings (SSSR count). The maximum absolute atomic E-state index is 14.4. The van der Waals surface area contributed by atoms with Crippen molar-refractivity contribution in [2.45, 2.75) is 45.3 Å². The predicted molar refractivity (Wildman–Crippen MR) is 101 cm³/mol. The van der Waals surface area contributed by atoms with Crippen molar-refractivity contribution >= 4 is 12.4 Å². The second-order valence-corrected chi connectivity index (χ2v) is 7.75. The third-order valence-corrected chi connectivity index (χ3v) is 4.35. The van der Waals surface area contributed by atoms with Gasteiger partial charge in [0, 0.05) is 31.5 Å². The van der Waals surface area contributed by atoms with E-state index in [4.69, 9.17) is 13.9 Å². The molecule has 0 N–H and O–H groups in total. The van der Waals surface area contributed by atoms with Gasteiger partial charge in [0.05, 0.1) is 0 Å². The van der Waals surface area contributed by atoms with Crippen molar-refractivity contribution in [1.29, 1.82) is 0 Å². The molecule has 1 aliphatic rings. The van der Waals surface area contributed by atoms with E-state index in [-0.39, 0.29) is 23.7 Å². The first kappa shape index (κ1) is 19.9. The van der Waals surface area contributed by atoms with Gasteiger partial charge in [-0.15, -0.1) is 0 Å². The molecule has 0 spiro atoms. The third kappa shape index (κ3) is 4.91. The highest BCUT2D eigenvalue weighted by atomic mass is 19.1. The number of carbonyl (C=O) groups excluding carboxylic acids is 2. The largest absolute Gasteiger partial charge is 0.487 e. The normalized spacial score (nSPS) is 15.4. The summed E-state index contributed by atoms with van der Waals surface area (Å²) in [5.41, 5.74) is -0.00632. The van der Waals surface area contributed by atoms with Crippen LogP contribution in [0.3, 0.4) is 0 Å². The van der Waals surface area contributed by atoms with Crippen LogP contribution >= 0.6 is 0 Å². The number of ether oxygens (including phenoxy) is 2. The molecule has 150 valence electrons. The Morgan fingerprint density at radius 3 is 2.50 bits per heavy atom. The average Bonchev–Trinajstić information content (AvgIpc) is 3.12. The van der Waals surface area contributed by atoms with Crippen LogP contribution in [0, 0.1) is 5.82 Å². The summed E-state index contributed by atoms with van der Waals surface area (Å²) in [6.07, 6.45) is 1.28. The smallest absolute Gasteiger partial charge is 0.410 e. The van der Waals surface area contributed by atoms with E-state index >= 15 is 0 Å². The molecule has 1 amide bonds. The second kappa shape index (κ2) is 8.04. The maximum Gasteiger partial charge on any atom is 0.410 e. The predicted octanol–water partition coefficient (Wildman–Crippen LogP) is 4.68. The van der Waals surface area contributed by atoms with Crippen molar-refractivity contribution in [3.05, 3.63) is 41.9 Å². The highest BCUT2D eigenvalue weighted by Gasteiger charge is 2.28. The van der Waals surface area contributed by atoms with Gasteiger partial charge in [-0.1, -0.05) is 0 Å². The van der Waals surface area contributed by atoms with Crippen LogP contribution < -0.4 is 4.74 Å². The molecular weight excluding hydrogens is 365 g/mol. The fraction of sp³-hybridized carbons (Fsp3) is 0.429. The van der Waals surface area contributed by atoms with Crippen LogP contribution in [0.2, 0.25) is 0 Å². The van der Waals surface area contributed by atoms with E-state index in [1.54, 1.807) is 23.1 Å². The summed E-state index contributed by atoms with van der Waals surface area (Å²) in [5.74, 6) is 0.253. The SMILES string of the molecule is CC(C)(C)OC(=O)N1CCC(Oc2ccc(-c3ccc(C=O)o3)cc2F)CC1. The first-order valence-electron chi connectivity index (χ1n) is 9.25. The number of benzene rings is 1. The van der Waals surface area contributed by atoms with Gasteiger partial charge in [0.15, 0.2) is 23.6 Å². The third-order valence-electron chi connectivity index (χ3n) is 4.35. The van der Waals surface area contributed by atoms with E-state index in [2.05, 4.69) is 0 Å². The number of rotatable bonds is 4. The zero-order valence-corrected chi connectivity index (χ0v) is 16.2. The molecule has 0 saturated carbocycles. The quantitative estimate of drug-likeness (QED) is 0.711. The summed E-state index contributed by atoms with van der Waals surface area (Å²) in [6, 6.07) is 7.70. The molecule has 0 aliphatic carbocycles. The summed E-state index contributed by atoms with van der Waals surface area (Å²) in [6.45, 7) is 6.49. The summed E-state index contributed by atoms with van der Waals surface area (Å²) in [5, 5.41) is 0. The van der Waals surface area contributed by atoms with E-state index in [0.29, 0.717) is 43.5 Å². The zero-order chi connectivity index (χ0) is 20.3. The Morgan fingerprint density at radius 2 is 1.93 bits per heavy atom. The number of likely N-dealkylation sites (tertiary alicyclic amines) is 1. The van der Waals surface area contributed by atoms with Crippen LogP contribution in [0.15, 0.2) is 34.7 Å². The Morgan fingerprint density at radius 1 is 1.21 bits per heavy atom. The van der Waals surface area contributed by atoms with Gasteiger partial charge in [-0.2, -0.15) is 0 Å². The summed E-state index contributed by atoms with van der Waals surface area (Å²) in [7, 11) is 0. The number of carbonyl (C=O) groups is 2. The van der Waals surface area contributed by atoms with Gasteiger partial charge in [0.25, 0.3) is 0 Å². The minimum atomic E-state index is -0.532. The number of hydrogen-bond donors (Lipinski definition) is 0. The first-order chi connectivity index (χ1) is 13.2. The summed E-state index contributed by atoms with van der Waals surface area (Å²) in [4.78, 5) is 24.5. The minimum absolute atomic E-state index is 0.154. The lowest BCUT2D eigenvalue weighted by molar-refractivity contribution is 0.0123. The van der Waals surface area contributed by atoms with E-state index in [1.165, 1.54) is 12.1 Å². The molecule has 1 aromatic carbocycles. The molecule has 1 aliphatic heterocycles. The van der Waals surface area contributed by atoms with Crippen molar-refractivity contribution in [3.63, 3.8) is 0 Å². The van der Waals surface area contributed by atoms with Gasteiger partial charge < -0.3 is 18.8 Å². The number of furan rings is 1. The van der Waals surface area contributed by atoms with Crippen molar-refractivity contribution in [2.75, 3.05) is 13.1 Å². The molecule has 2 heterocycles. The van der Waals surface area contributed by atoms with Gasteiger partial charge in [0.2, 0.25) is 0 Å². The molecule has 1 aromatic heterocycles. The lowest BCUT2D eigenvalue weighted by Gasteiger charge is -2.33.